The third kappa shape index (κ3) is 10.9. The molecular formula is C21H31N5O7S2. The lowest BCUT2D eigenvalue weighted by Gasteiger charge is -2.24. The maximum Gasteiger partial charge on any atom is 0.326 e. The summed E-state index contributed by atoms with van der Waals surface area (Å²) in [6.07, 6.45) is 1.56. The fourth-order valence-electron chi connectivity index (χ4n) is 2.90. The van der Waals surface area contributed by atoms with E-state index in [1.54, 1.807) is 6.26 Å². The first-order valence-corrected chi connectivity index (χ1v) is 12.6. The second-order valence-electron chi connectivity index (χ2n) is 7.63. The Bertz CT molecular complexity index is 901. The number of phenolic OH excluding ortho intramolecular Hbond substituents is 1. The molecular weight excluding hydrogens is 498 g/mol. The predicted octanol–water partition coefficient (Wildman–Crippen LogP) is -1.64. The van der Waals surface area contributed by atoms with E-state index in [-0.39, 0.29) is 24.3 Å². The molecule has 14 heteroatoms. The normalized spacial score (nSPS) is 14.1. The van der Waals surface area contributed by atoms with Gasteiger partial charge in [0.05, 0.1) is 12.5 Å². The van der Waals surface area contributed by atoms with Crippen LogP contribution in [0.15, 0.2) is 24.3 Å². The molecule has 194 valence electrons. The fraction of sp³-hybridized carbons (Fsp3) is 0.476. The number of nitrogens with two attached hydrogens (primary N) is 2. The van der Waals surface area contributed by atoms with Crippen molar-refractivity contribution in [3.63, 3.8) is 0 Å². The van der Waals surface area contributed by atoms with Gasteiger partial charge in [-0.1, -0.05) is 12.1 Å². The maximum absolute atomic E-state index is 12.8. The zero-order valence-corrected chi connectivity index (χ0v) is 20.8. The first kappa shape index (κ1) is 30.1. The number of aromatic hydroxyl groups is 1. The summed E-state index contributed by atoms with van der Waals surface area (Å²) in [6, 6.07) is 1.05. The fourth-order valence-corrected chi connectivity index (χ4v) is 3.63. The number of nitrogens with one attached hydrogen (secondary N) is 3. The van der Waals surface area contributed by atoms with Gasteiger partial charge in [0, 0.05) is 12.2 Å². The minimum Gasteiger partial charge on any atom is -0.508 e. The summed E-state index contributed by atoms with van der Waals surface area (Å²) in [7, 11) is 0. The Balaban J connectivity index is 2.86. The average molecular weight is 530 g/mol. The van der Waals surface area contributed by atoms with Crippen LogP contribution >= 0.6 is 24.4 Å². The van der Waals surface area contributed by atoms with E-state index < -0.39 is 60.2 Å². The zero-order chi connectivity index (χ0) is 26.5. The number of hydrogen-bond donors (Lipinski definition) is 8. The number of aliphatic carboxylic acids is 1. The summed E-state index contributed by atoms with van der Waals surface area (Å²) in [5.74, 6) is -3.92. The number of amides is 4. The van der Waals surface area contributed by atoms with Crippen LogP contribution in [0.4, 0.5) is 0 Å². The van der Waals surface area contributed by atoms with Crippen molar-refractivity contribution in [1.82, 2.24) is 16.0 Å². The Morgan fingerprint density at radius 1 is 0.971 bits per heavy atom. The molecule has 1 aromatic carbocycles. The smallest absolute Gasteiger partial charge is 0.326 e. The van der Waals surface area contributed by atoms with Crippen LogP contribution in [0.1, 0.15) is 18.4 Å². The van der Waals surface area contributed by atoms with Gasteiger partial charge in [0.1, 0.15) is 23.9 Å². The van der Waals surface area contributed by atoms with Gasteiger partial charge in [0.25, 0.3) is 0 Å². The summed E-state index contributed by atoms with van der Waals surface area (Å²) in [4.78, 5) is 60.5. The zero-order valence-electron chi connectivity index (χ0n) is 19.1. The molecule has 4 atom stereocenters. The van der Waals surface area contributed by atoms with Crippen molar-refractivity contribution in [2.45, 2.75) is 43.4 Å². The highest BCUT2D eigenvalue weighted by Crippen LogP contribution is 2.12. The van der Waals surface area contributed by atoms with Crippen LogP contribution < -0.4 is 27.4 Å². The van der Waals surface area contributed by atoms with Crippen LogP contribution in [-0.2, 0) is 30.4 Å². The second-order valence-corrected chi connectivity index (χ2v) is 8.98. The van der Waals surface area contributed by atoms with E-state index in [0.717, 1.165) is 0 Å². The van der Waals surface area contributed by atoms with Crippen LogP contribution in [0.25, 0.3) is 0 Å². The van der Waals surface area contributed by atoms with Gasteiger partial charge in [-0.05, 0) is 36.1 Å². The molecule has 0 heterocycles. The molecule has 1 rings (SSSR count). The standard InChI is InChI=1S/C21H31N5O7S2/c1-35-7-6-14(24-18(29)13(22)9-17(23)28)19(30)26-16(10-34)20(31)25-15(21(32)33)8-11-2-4-12(27)5-3-11/h2-5,13-16,27,34H,6-10,22H2,1H3,(H2,23,28)(H,24,29)(H,25,31)(H,26,30)(H,32,33). The highest BCUT2D eigenvalue weighted by Gasteiger charge is 2.30. The minimum atomic E-state index is -1.30. The van der Waals surface area contributed by atoms with E-state index in [9.17, 15) is 34.2 Å². The Hall–Kier alpha value is -2.97. The number of thioether (sulfide) groups is 1. The van der Waals surface area contributed by atoms with Crippen LogP contribution in [0.3, 0.4) is 0 Å². The molecule has 4 amide bonds. The molecule has 0 fully saturated rings. The second kappa shape index (κ2) is 15.1. The van der Waals surface area contributed by atoms with Gasteiger partial charge in [-0.2, -0.15) is 24.4 Å². The van der Waals surface area contributed by atoms with Crippen LogP contribution in [0.5, 0.6) is 5.75 Å². The van der Waals surface area contributed by atoms with E-state index in [1.807, 2.05) is 0 Å². The molecule has 0 aliphatic rings. The molecule has 0 aliphatic heterocycles. The van der Waals surface area contributed by atoms with Gasteiger partial charge < -0.3 is 37.6 Å². The molecule has 0 saturated heterocycles. The lowest BCUT2D eigenvalue weighted by molar-refractivity contribution is -0.142. The Morgan fingerprint density at radius 2 is 1.51 bits per heavy atom. The Kier molecular flexibility index (Phi) is 13.0. The SMILES string of the molecule is CSCCC(NC(=O)C(N)CC(N)=O)C(=O)NC(CS)C(=O)NC(Cc1ccc(O)cc1)C(=O)O. The van der Waals surface area contributed by atoms with E-state index >= 15 is 0 Å². The van der Waals surface area contributed by atoms with Crippen molar-refractivity contribution in [3.05, 3.63) is 29.8 Å². The van der Waals surface area contributed by atoms with Crippen molar-refractivity contribution in [1.29, 1.82) is 0 Å². The number of carbonyl (C=O) groups is 5. The van der Waals surface area contributed by atoms with Gasteiger partial charge in [0.15, 0.2) is 0 Å². The van der Waals surface area contributed by atoms with Crippen molar-refractivity contribution in [2.24, 2.45) is 11.5 Å². The van der Waals surface area contributed by atoms with Crippen molar-refractivity contribution in [3.8, 4) is 5.75 Å². The molecule has 12 nitrogen and oxygen atoms in total. The molecule has 0 radical (unpaired) electrons. The highest BCUT2D eigenvalue weighted by atomic mass is 32.2. The summed E-state index contributed by atoms with van der Waals surface area (Å²) in [5.41, 5.74) is 11.2. The predicted molar refractivity (Wildman–Crippen MR) is 134 cm³/mol. The maximum atomic E-state index is 12.8. The number of phenols is 1. The topological polar surface area (TPSA) is 214 Å². The van der Waals surface area contributed by atoms with Crippen molar-refractivity contribution in [2.75, 3.05) is 17.8 Å². The summed E-state index contributed by atoms with van der Waals surface area (Å²) in [5, 5.41) is 26.2. The molecule has 0 spiro atoms. The minimum absolute atomic E-state index is 0.0150. The van der Waals surface area contributed by atoms with E-state index in [2.05, 4.69) is 28.6 Å². The van der Waals surface area contributed by atoms with Gasteiger partial charge in [-0.3, -0.25) is 19.2 Å². The van der Waals surface area contributed by atoms with Gasteiger partial charge in [-0.15, -0.1) is 0 Å². The number of carboxylic acids is 1. The Labute approximate surface area is 212 Å². The van der Waals surface area contributed by atoms with E-state index in [4.69, 9.17) is 11.5 Å². The van der Waals surface area contributed by atoms with Crippen LogP contribution in [0.2, 0.25) is 0 Å². The van der Waals surface area contributed by atoms with Gasteiger partial charge in [-0.25, -0.2) is 4.79 Å². The third-order valence-electron chi connectivity index (χ3n) is 4.81. The van der Waals surface area contributed by atoms with Gasteiger partial charge >= 0.3 is 5.97 Å². The number of rotatable bonds is 15. The molecule has 1 aromatic rings. The van der Waals surface area contributed by atoms with Crippen molar-refractivity contribution < 1.29 is 34.2 Å². The molecule has 0 aromatic heterocycles. The average Bonchev–Trinajstić information content (AvgIpc) is 2.79. The quantitative estimate of drug-likeness (QED) is 0.122. The summed E-state index contributed by atoms with van der Waals surface area (Å²) >= 11 is 5.51. The highest BCUT2D eigenvalue weighted by molar-refractivity contribution is 7.98. The van der Waals surface area contributed by atoms with Gasteiger partial charge in [0.2, 0.25) is 23.6 Å². The largest absolute Gasteiger partial charge is 0.508 e. The number of thiol groups is 1. The number of hydrogen-bond acceptors (Lipinski definition) is 9. The molecule has 0 aliphatic carbocycles. The number of benzene rings is 1. The molecule has 35 heavy (non-hydrogen) atoms. The summed E-state index contributed by atoms with van der Waals surface area (Å²) < 4.78 is 0. The first-order chi connectivity index (χ1) is 16.5. The monoisotopic (exact) mass is 529 g/mol. The summed E-state index contributed by atoms with van der Waals surface area (Å²) in [6.45, 7) is 0. The van der Waals surface area contributed by atoms with Crippen LogP contribution in [-0.4, -0.2) is 81.7 Å². The number of carboxylic acid groups (broad SMARTS) is 1. The molecule has 4 unspecified atom stereocenters. The number of primary amides is 1. The third-order valence-corrected chi connectivity index (χ3v) is 5.82. The molecule has 9 N–H and O–H groups in total. The van der Waals surface area contributed by atoms with E-state index in [0.29, 0.717) is 11.3 Å². The molecule has 0 saturated carbocycles. The Morgan fingerprint density at radius 3 is 2.03 bits per heavy atom. The van der Waals surface area contributed by atoms with Crippen LogP contribution in [0, 0.1) is 0 Å². The lowest BCUT2D eigenvalue weighted by Crippen LogP contribution is -2.58. The van der Waals surface area contributed by atoms with Crippen molar-refractivity contribution >= 4 is 54.0 Å². The molecule has 0 bridgehead atoms. The lowest BCUT2D eigenvalue weighted by atomic mass is 10.1. The first-order valence-electron chi connectivity index (χ1n) is 10.5. The number of carbonyl (C=O) groups excluding carboxylic acids is 4. The van der Waals surface area contributed by atoms with E-state index in [1.165, 1.54) is 36.0 Å².